The first-order valence-electron chi connectivity index (χ1n) is 8.10. The molecule has 0 saturated carbocycles. The molecule has 2 aromatic carbocycles. The summed E-state index contributed by atoms with van der Waals surface area (Å²) in [4.78, 5) is 4.41. The van der Waals surface area contributed by atoms with Crippen LogP contribution in [-0.4, -0.2) is 36.2 Å². The average Bonchev–Trinajstić information content (AvgIpc) is 3.16. The van der Waals surface area contributed by atoms with Gasteiger partial charge in [0.1, 0.15) is 0 Å². The van der Waals surface area contributed by atoms with Crippen LogP contribution >= 0.6 is 0 Å². The van der Waals surface area contributed by atoms with Crippen molar-refractivity contribution in [3.05, 3.63) is 42.6 Å². The van der Waals surface area contributed by atoms with E-state index in [2.05, 4.69) is 25.8 Å². The zero-order chi connectivity index (χ0) is 18.6. The first-order valence-corrected chi connectivity index (χ1v) is 8.10. The Kier molecular flexibility index (Phi) is 4.48. The molecule has 138 valence electrons. The Morgan fingerprint density at radius 2 is 1.67 bits per heavy atom. The average molecular weight is 367 g/mol. The van der Waals surface area contributed by atoms with Gasteiger partial charge in [-0.15, -0.1) is 5.10 Å². The highest BCUT2D eigenvalue weighted by molar-refractivity contribution is 5.63. The molecule has 0 amide bonds. The van der Waals surface area contributed by atoms with Gasteiger partial charge in [-0.25, -0.2) is 0 Å². The number of benzene rings is 2. The quantitative estimate of drug-likeness (QED) is 0.680. The van der Waals surface area contributed by atoms with Gasteiger partial charge >= 0.3 is 0 Å². The van der Waals surface area contributed by atoms with E-state index in [1.807, 2.05) is 24.3 Å². The maximum atomic E-state index is 5.38. The van der Waals surface area contributed by atoms with Crippen molar-refractivity contribution in [2.45, 2.75) is 0 Å². The first-order chi connectivity index (χ1) is 13.2. The number of fused-ring (bicyclic) bond motifs is 1. The number of anilines is 4. The fourth-order valence-electron chi connectivity index (χ4n) is 2.58. The van der Waals surface area contributed by atoms with Crippen LogP contribution in [0.3, 0.4) is 0 Å². The predicted octanol–water partition coefficient (Wildman–Crippen LogP) is 3.10. The molecule has 0 radical (unpaired) electrons. The van der Waals surface area contributed by atoms with Crippen molar-refractivity contribution in [1.82, 2.24) is 15.2 Å². The van der Waals surface area contributed by atoms with Crippen molar-refractivity contribution in [3.63, 3.8) is 0 Å². The van der Waals surface area contributed by atoms with Crippen molar-refractivity contribution < 1.29 is 18.9 Å². The smallest absolute Gasteiger partial charge is 0.249 e. The van der Waals surface area contributed by atoms with Crippen molar-refractivity contribution >= 4 is 23.1 Å². The molecule has 0 saturated heterocycles. The van der Waals surface area contributed by atoms with E-state index in [-0.39, 0.29) is 6.79 Å². The van der Waals surface area contributed by atoms with Gasteiger partial charge in [-0.2, -0.15) is 10.1 Å². The minimum absolute atomic E-state index is 0.229. The van der Waals surface area contributed by atoms with Crippen LogP contribution in [0.1, 0.15) is 0 Å². The van der Waals surface area contributed by atoms with Crippen LogP contribution < -0.4 is 29.6 Å². The van der Waals surface area contributed by atoms with Gasteiger partial charge in [-0.05, 0) is 24.3 Å². The van der Waals surface area contributed by atoms with E-state index in [0.717, 1.165) is 17.1 Å². The minimum atomic E-state index is 0.229. The molecule has 0 atom stereocenters. The largest absolute Gasteiger partial charge is 0.493 e. The highest BCUT2D eigenvalue weighted by Gasteiger charge is 2.13. The molecule has 0 bridgehead atoms. The number of nitrogens with one attached hydrogen (secondary N) is 2. The summed E-state index contributed by atoms with van der Waals surface area (Å²) in [7, 11) is 3.17. The fourth-order valence-corrected chi connectivity index (χ4v) is 2.58. The number of hydrogen-bond donors (Lipinski definition) is 2. The van der Waals surface area contributed by atoms with E-state index in [1.165, 1.54) is 6.20 Å². The second kappa shape index (κ2) is 7.24. The molecular weight excluding hydrogens is 350 g/mol. The topological polar surface area (TPSA) is 99.7 Å². The van der Waals surface area contributed by atoms with Crippen molar-refractivity contribution in [2.75, 3.05) is 31.6 Å². The zero-order valence-corrected chi connectivity index (χ0v) is 14.7. The molecule has 4 rings (SSSR count). The van der Waals surface area contributed by atoms with Crippen LogP contribution in [0.15, 0.2) is 42.6 Å². The molecule has 0 aliphatic carbocycles. The standard InChI is InChI=1S/C18H17N5O4/c1-24-13-5-3-12(7-15(13)25-2)21-18-22-17(9-19-23-18)20-11-4-6-14-16(8-11)27-10-26-14/h3-9H,10H2,1-2H3,(H2,20,21,22,23). The van der Waals surface area contributed by atoms with Crippen molar-refractivity contribution in [1.29, 1.82) is 0 Å². The second-order valence-electron chi connectivity index (χ2n) is 5.55. The van der Waals surface area contributed by atoms with Crippen LogP contribution in [0.2, 0.25) is 0 Å². The Bertz CT molecular complexity index is 966. The summed E-state index contributed by atoms with van der Waals surface area (Å²) in [5, 5.41) is 14.2. The van der Waals surface area contributed by atoms with Gasteiger partial charge in [0, 0.05) is 23.5 Å². The maximum absolute atomic E-state index is 5.38. The minimum Gasteiger partial charge on any atom is -0.493 e. The van der Waals surface area contributed by atoms with Gasteiger partial charge in [0.2, 0.25) is 12.7 Å². The molecule has 9 nitrogen and oxygen atoms in total. The number of nitrogens with zero attached hydrogens (tertiary/aromatic N) is 3. The van der Waals surface area contributed by atoms with Gasteiger partial charge in [-0.3, -0.25) is 0 Å². The van der Waals surface area contributed by atoms with Crippen LogP contribution in [0.25, 0.3) is 0 Å². The van der Waals surface area contributed by atoms with Gasteiger partial charge < -0.3 is 29.6 Å². The van der Waals surface area contributed by atoms with E-state index < -0.39 is 0 Å². The lowest BCUT2D eigenvalue weighted by Crippen LogP contribution is -2.02. The highest BCUT2D eigenvalue weighted by atomic mass is 16.7. The van der Waals surface area contributed by atoms with E-state index in [0.29, 0.717) is 29.0 Å². The Hall–Kier alpha value is -3.75. The number of ether oxygens (including phenoxy) is 4. The lowest BCUT2D eigenvalue weighted by molar-refractivity contribution is 0.174. The Morgan fingerprint density at radius 3 is 2.52 bits per heavy atom. The molecule has 3 aromatic rings. The second-order valence-corrected chi connectivity index (χ2v) is 5.55. The number of hydrogen-bond acceptors (Lipinski definition) is 9. The number of rotatable bonds is 6. The van der Waals surface area contributed by atoms with Crippen LogP contribution in [-0.2, 0) is 0 Å². The summed E-state index contributed by atoms with van der Waals surface area (Å²) >= 11 is 0. The molecule has 2 N–H and O–H groups in total. The Morgan fingerprint density at radius 1 is 0.889 bits per heavy atom. The Labute approximate surface area is 155 Å². The molecule has 1 aromatic heterocycles. The highest BCUT2D eigenvalue weighted by Crippen LogP contribution is 2.35. The first kappa shape index (κ1) is 16.7. The van der Waals surface area contributed by atoms with Gasteiger partial charge in [0.15, 0.2) is 28.8 Å². The summed E-state index contributed by atoms with van der Waals surface area (Å²) in [5.41, 5.74) is 1.55. The summed E-state index contributed by atoms with van der Waals surface area (Å²) in [6, 6.07) is 11.0. The van der Waals surface area contributed by atoms with Crippen LogP contribution in [0.5, 0.6) is 23.0 Å². The number of methoxy groups -OCH3 is 2. The monoisotopic (exact) mass is 367 g/mol. The van der Waals surface area contributed by atoms with E-state index in [9.17, 15) is 0 Å². The summed E-state index contributed by atoms with van der Waals surface area (Å²) in [6.45, 7) is 0.229. The predicted molar refractivity (Wildman–Crippen MR) is 98.5 cm³/mol. The lowest BCUT2D eigenvalue weighted by Gasteiger charge is -2.11. The third kappa shape index (κ3) is 3.61. The molecule has 2 heterocycles. The summed E-state index contributed by atoms with van der Waals surface area (Å²) < 4.78 is 21.2. The molecule has 1 aliphatic rings. The SMILES string of the molecule is COc1ccc(Nc2nncc(Nc3ccc4c(c3)OCO4)n2)cc1OC. The molecule has 9 heteroatoms. The molecule has 1 aliphatic heterocycles. The van der Waals surface area contributed by atoms with Gasteiger partial charge in [-0.1, -0.05) is 0 Å². The molecular formula is C18H17N5O4. The third-order valence-electron chi connectivity index (χ3n) is 3.84. The summed E-state index contributed by atoms with van der Waals surface area (Å²) in [5.74, 6) is 3.52. The van der Waals surface area contributed by atoms with Crippen LogP contribution in [0.4, 0.5) is 23.1 Å². The zero-order valence-electron chi connectivity index (χ0n) is 14.7. The molecule has 0 spiro atoms. The molecule has 27 heavy (non-hydrogen) atoms. The third-order valence-corrected chi connectivity index (χ3v) is 3.84. The number of aromatic nitrogens is 3. The van der Waals surface area contributed by atoms with Crippen molar-refractivity contribution in [2.24, 2.45) is 0 Å². The maximum Gasteiger partial charge on any atom is 0.249 e. The van der Waals surface area contributed by atoms with Crippen molar-refractivity contribution in [3.8, 4) is 23.0 Å². The van der Waals surface area contributed by atoms with E-state index >= 15 is 0 Å². The normalized spacial score (nSPS) is 11.8. The molecule has 0 fully saturated rings. The Balaban J connectivity index is 1.51. The summed E-state index contributed by atoms with van der Waals surface area (Å²) in [6.07, 6.45) is 1.53. The van der Waals surface area contributed by atoms with Gasteiger partial charge in [0.05, 0.1) is 20.4 Å². The van der Waals surface area contributed by atoms with Crippen LogP contribution in [0, 0.1) is 0 Å². The van der Waals surface area contributed by atoms with E-state index in [1.54, 1.807) is 26.4 Å². The van der Waals surface area contributed by atoms with E-state index in [4.69, 9.17) is 18.9 Å². The molecule has 0 unspecified atom stereocenters. The van der Waals surface area contributed by atoms with Gasteiger partial charge in [0.25, 0.3) is 0 Å². The lowest BCUT2D eigenvalue weighted by atomic mass is 10.3. The fraction of sp³-hybridized carbons (Fsp3) is 0.167.